The van der Waals surface area contributed by atoms with Gasteiger partial charge in [0.05, 0.1) is 16.8 Å². The van der Waals surface area contributed by atoms with E-state index in [-0.39, 0.29) is 11.9 Å². The zero-order valence-corrected chi connectivity index (χ0v) is 17.4. The average molecular weight is 438 g/mol. The summed E-state index contributed by atoms with van der Waals surface area (Å²) in [6, 6.07) is 18.3. The van der Waals surface area contributed by atoms with Gasteiger partial charge in [0.25, 0.3) is 0 Å². The van der Waals surface area contributed by atoms with E-state index in [2.05, 4.69) is 25.8 Å². The molecule has 0 spiro atoms. The first kappa shape index (κ1) is 19.2. The molecule has 3 aromatic heterocycles. The monoisotopic (exact) mass is 438 g/mol. The van der Waals surface area contributed by atoms with Crippen LogP contribution in [0.1, 0.15) is 11.3 Å². The van der Waals surface area contributed by atoms with E-state index in [0.717, 1.165) is 27.7 Å². The maximum absolute atomic E-state index is 12.8. The Bertz CT molecular complexity index is 1470. The van der Waals surface area contributed by atoms with Gasteiger partial charge in [0.2, 0.25) is 11.8 Å². The first-order chi connectivity index (χ1) is 16.2. The van der Waals surface area contributed by atoms with Crippen LogP contribution in [0.3, 0.4) is 0 Å². The normalized spacial score (nSPS) is 12.6. The van der Waals surface area contributed by atoms with Crippen molar-refractivity contribution >= 4 is 22.8 Å². The fourth-order valence-corrected chi connectivity index (χ4v) is 3.87. The number of rotatable bonds is 4. The standard InChI is InChI=1S/C24H18N6O3/c31-24(28-22-11-19(29-33-22)15-4-2-1-3-5-15)30-9-8-16-10-17(6-7-21(16)30)32-23-18-12-25-13-20(18)26-14-27-23/h1-11,14,25H,12-13H2,(H,28,31). The van der Waals surface area contributed by atoms with Crippen molar-refractivity contribution in [2.45, 2.75) is 13.1 Å². The molecule has 4 heterocycles. The molecule has 2 aromatic carbocycles. The van der Waals surface area contributed by atoms with E-state index in [1.54, 1.807) is 12.3 Å². The van der Waals surface area contributed by atoms with Crippen LogP contribution >= 0.6 is 0 Å². The summed E-state index contributed by atoms with van der Waals surface area (Å²) in [5.74, 6) is 1.45. The topological polar surface area (TPSA) is 107 Å². The van der Waals surface area contributed by atoms with Gasteiger partial charge in [0.15, 0.2) is 0 Å². The van der Waals surface area contributed by atoms with Crippen LogP contribution in [-0.4, -0.2) is 25.7 Å². The number of carbonyl (C=O) groups excluding carboxylic acids is 1. The van der Waals surface area contributed by atoms with Crippen LogP contribution < -0.4 is 15.4 Å². The molecular weight excluding hydrogens is 420 g/mol. The van der Waals surface area contributed by atoms with E-state index in [9.17, 15) is 4.79 Å². The summed E-state index contributed by atoms with van der Waals surface area (Å²) in [5.41, 5.74) is 4.21. The van der Waals surface area contributed by atoms with E-state index >= 15 is 0 Å². The first-order valence-electron chi connectivity index (χ1n) is 10.4. The predicted molar refractivity (Wildman–Crippen MR) is 121 cm³/mol. The van der Waals surface area contributed by atoms with Crippen LogP contribution in [0, 0.1) is 0 Å². The molecule has 0 unspecified atom stereocenters. The minimum atomic E-state index is -0.353. The van der Waals surface area contributed by atoms with Gasteiger partial charge in [-0.05, 0) is 24.3 Å². The highest BCUT2D eigenvalue weighted by Gasteiger charge is 2.19. The summed E-state index contributed by atoms with van der Waals surface area (Å²) < 4.78 is 12.8. The average Bonchev–Trinajstić information content (AvgIpc) is 3.59. The summed E-state index contributed by atoms with van der Waals surface area (Å²) >= 11 is 0. The SMILES string of the molecule is O=C(Nc1cc(-c2ccccc2)no1)n1ccc2cc(Oc3ncnc4c3CNC4)ccc21. The van der Waals surface area contributed by atoms with Gasteiger partial charge in [-0.25, -0.2) is 14.8 Å². The van der Waals surface area contributed by atoms with Crippen molar-refractivity contribution in [1.29, 1.82) is 0 Å². The number of nitrogens with zero attached hydrogens (tertiary/aromatic N) is 4. The largest absolute Gasteiger partial charge is 0.439 e. The van der Waals surface area contributed by atoms with Gasteiger partial charge in [-0.3, -0.25) is 9.88 Å². The minimum absolute atomic E-state index is 0.270. The van der Waals surface area contributed by atoms with Crippen molar-refractivity contribution < 1.29 is 14.1 Å². The van der Waals surface area contributed by atoms with E-state index < -0.39 is 0 Å². The lowest BCUT2D eigenvalue weighted by molar-refractivity contribution is 0.253. The molecule has 5 aromatic rings. The Morgan fingerprint density at radius 2 is 1.97 bits per heavy atom. The van der Waals surface area contributed by atoms with Crippen molar-refractivity contribution in [1.82, 2.24) is 25.0 Å². The molecule has 0 bridgehead atoms. The molecule has 0 aliphatic carbocycles. The molecule has 9 heteroatoms. The lowest BCUT2D eigenvalue weighted by Gasteiger charge is -2.09. The molecule has 0 radical (unpaired) electrons. The Labute approximate surface area is 188 Å². The number of carbonyl (C=O) groups is 1. The second-order valence-electron chi connectivity index (χ2n) is 7.59. The third-order valence-corrected chi connectivity index (χ3v) is 5.49. The number of hydrogen-bond donors (Lipinski definition) is 2. The Morgan fingerprint density at radius 3 is 2.88 bits per heavy atom. The predicted octanol–water partition coefficient (Wildman–Crippen LogP) is 4.56. The Balaban J connectivity index is 1.21. The van der Waals surface area contributed by atoms with Crippen molar-refractivity contribution in [2.75, 3.05) is 5.32 Å². The summed E-state index contributed by atoms with van der Waals surface area (Å²) in [6.07, 6.45) is 3.21. The number of aromatic nitrogens is 4. The Kier molecular flexibility index (Phi) is 4.59. The lowest BCUT2D eigenvalue weighted by atomic mass is 10.2. The molecule has 0 fully saturated rings. The molecule has 0 saturated heterocycles. The summed E-state index contributed by atoms with van der Waals surface area (Å²) in [4.78, 5) is 21.4. The quantitative estimate of drug-likeness (QED) is 0.423. The van der Waals surface area contributed by atoms with Gasteiger partial charge in [-0.15, -0.1) is 0 Å². The molecule has 0 saturated carbocycles. The Hall–Kier alpha value is -4.50. The fraction of sp³-hybridized carbons (Fsp3) is 0.0833. The molecule has 6 rings (SSSR count). The molecular formula is C24H18N6O3. The molecule has 1 aliphatic heterocycles. The number of benzene rings is 2. The molecule has 1 aliphatic rings. The third-order valence-electron chi connectivity index (χ3n) is 5.49. The Morgan fingerprint density at radius 1 is 1.06 bits per heavy atom. The van der Waals surface area contributed by atoms with Crippen molar-refractivity contribution in [2.24, 2.45) is 0 Å². The minimum Gasteiger partial charge on any atom is -0.439 e. The smallest absolute Gasteiger partial charge is 0.332 e. The van der Waals surface area contributed by atoms with Crippen LogP contribution in [-0.2, 0) is 13.1 Å². The molecule has 9 nitrogen and oxygen atoms in total. The van der Waals surface area contributed by atoms with Gasteiger partial charge in [-0.1, -0.05) is 35.5 Å². The van der Waals surface area contributed by atoms with Crippen molar-refractivity contribution in [3.63, 3.8) is 0 Å². The highest BCUT2D eigenvalue weighted by Crippen LogP contribution is 2.30. The zero-order valence-electron chi connectivity index (χ0n) is 17.4. The number of ether oxygens (including phenoxy) is 1. The van der Waals surface area contributed by atoms with E-state index in [1.165, 1.54) is 10.9 Å². The van der Waals surface area contributed by atoms with Crippen LogP contribution in [0.25, 0.3) is 22.2 Å². The van der Waals surface area contributed by atoms with Crippen LogP contribution in [0.2, 0.25) is 0 Å². The van der Waals surface area contributed by atoms with Gasteiger partial charge in [0.1, 0.15) is 17.8 Å². The number of fused-ring (bicyclic) bond motifs is 2. The summed E-state index contributed by atoms with van der Waals surface area (Å²) in [5, 5.41) is 10.9. The highest BCUT2D eigenvalue weighted by molar-refractivity contribution is 5.98. The second kappa shape index (κ2) is 7.88. The van der Waals surface area contributed by atoms with Crippen LogP contribution in [0.4, 0.5) is 10.7 Å². The molecule has 33 heavy (non-hydrogen) atoms. The summed E-state index contributed by atoms with van der Waals surface area (Å²) in [6.45, 7) is 1.39. The molecule has 162 valence electrons. The van der Waals surface area contributed by atoms with E-state index in [0.29, 0.717) is 30.4 Å². The maximum atomic E-state index is 12.8. The van der Waals surface area contributed by atoms with Crippen LogP contribution in [0.5, 0.6) is 11.6 Å². The van der Waals surface area contributed by atoms with E-state index in [4.69, 9.17) is 9.26 Å². The maximum Gasteiger partial charge on any atom is 0.332 e. The van der Waals surface area contributed by atoms with Crippen LogP contribution in [0.15, 0.2) is 77.7 Å². The fourth-order valence-electron chi connectivity index (χ4n) is 3.87. The highest BCUT2D eigenvalue weighted by atomic mass is 16.5. The number of anilines is 1. The first-order valence-corrected chi connectivity index (χ1v) is 10.4. The lowest BCUT2D eigenvalue weighted by Crippen LogP contribution is -2.17. The zero-order chi connectivity index (χ0) is 22.2. The third kappa shape index (κ3) is 3.60. The number of hydrogen-bond acceptors (Lipinski definition) is 7. The van der Waals surface area contributed by atoms with Gasteiger partial charge >= 0.3 is 6.03 Å². The van der Waals surface area contributed by atoms with Gasteiger partial charge in [0, 0.05) is 36.3 Å². The molecule has 1 amide bonds. The molecule has 0 atom stereocenters. The van der Waals surface area contributed by atoms with Crippen molar-refractivity contribution in [3.8, 4) is 22.9 Å². The number of amides is 1. The number of nitrogens with one attached hydrogen (secondary N) is 2. The van der Waals surface area contributed by atoms with Gasteiger partial charge < -0.3 is 14.6 Å². The van der Waals surface area contributed by atoms with Crippen molar-refractivity contribution in [3.05, 3.63) is 84.4 Å². The van der Waals surface area contributed by atoms with Gasteiger partial charge in [-0.2, -0.15) is 0 Å². The molecule has 2 N–H and O–H groups in total. The second-order valence-corrected chi connectivity index (χ2v) is 7.59. The summed E-state index contributed by atoms with van der Waals surface area (Å²) in [7, 11) is 0. The van der Waals surface area contributed by atoms with E-state index in [1.807, 2.05) is 54.6 Å².